The summed E-state index contributed by atoms with van der Waals surface area (Å²) in [5.41, 5.74) is 6.86. The van der Waals surface area contributed by atoms with Gasteiger partial charge >= 0.3 is 0 Å². The molecule has 46 heavy (non-hydrogen) atoms. The largest absolute Gasteiger partial charge is 0.290 e. The van der Waals surface area contributed by atoms with Crippen molar-refractivity contribution < 1.29 is 8.42 Å². The molecule has 1 aliphatic rings. The molecule has 0 radical (unpaired) electrons. The predicted molar refractivity (Wildman–Crippen MR) is 183 cm³/mol. The van der Waals surface area contributed by atoms with Crippen LogP contribution in [-0.2, 0) is 9.84 Å². The maximum absolute atomic E-state index is 14.8. The molecule has 1 aromatic heterocycles. The number of fused-ring (bicyclic) bond motifs is 4. The lowest BCUT2D eigenvalue weighted by Gasteiger charge is -2.25. The van der Waals surface area contributed by atoms with E-state index in [-0.39, 0.29) is 9.79 Å². The molecule has 0 saturated carbocycles. The molecular weight excluding hydrogens is 587 g/mol. The minimum absolute atomic E-state index is 0.252. The van der Waals surface area contributed by atoms with Gasteiger partial charge in [-0.05, 0) is 68.6 Å². The van der Waals surface area contributed by atoms with Crippen LogP contribution in [0, 0.1) is 11.3 Å². The second-order valence-electron chi connectivity index (χ2n) is 11.4. The standard InChI is InChI=1S/C40H23N3O2S/c41-24-25-20-22-26(23-21-25)36-28-12-4-6-14-30(28)37(31-15-7-5-13-29(31)36)32-16-8-18-34-39(32)46(44,45)35-19-9-17-33-38(35)43(34)40(42-33)27-10-2-1-3-11-27/h1-23H. The smallest absolute Gasteiger partial charge is 0.211 e. The first-order valence-electron chi connectivity index (χ1n) is 15.0. The number of hydrogen-bond donors (Lipinski definition) is 0. The van der Waals surface area contributed by atoms with E-state index in [9.17, 15) is 13.7 Å². The molecule has 0 aliphatic carbocycles. The Morgan fingerprint density at radius 3 is 1.85 bits per heavy atom. The van der Waals surface area contributed by atoms with Crippen molar-refractivity contribution in [1.29, 1.82) is 5.26 Å². The van der Waals surface area contributed by atoms with E-state index in [4.69, 9.17) is 4.98 Å². The number of imidazole rings is 1. The van der Waals surface area contributed by atoms with Crippen LogP contribution in [0.5, 0.6) is 0 Å². The van der Waals surface area contributed by atoms with Gasteiger partial charge in [0.15, 0.2) is 0 Å². The average molecular weight is 610 g/mol. The van der Waals surface area contributed by atoms with Crippen LogP contribution in [0.25, 0.3) is 71.9 Å². The molecule has 0 bridgehead atoms. The Balaban J connectivity index is 1.43. The molecule has 0 fully saturated rings. The predicted octanol–water partition coefficient (Wildman–Crippen LogP) is 9.35. The van der Waals surface area contributed by atoms with Gasteiger partial charge in [-0.2, -0.15) is 5.26 Å². The SMILES string of the molecule is N#Cc1ccc(-c2c3ccccc3c(-c3cccc4c3S(=O)(=O)c3cccc5nc(-c6ccccc6)n-4c35)c3ccccc23)cc1. The van der Waals surface area contributed by atoms with Crippen molar-refractivity contribution in [2.45, 2.75) is 9.79 Å². The zero-order chi connectivity index (χ0) is 31.0. The van der Waals surface area contributed by atoms with E-state index in [2.05, 4.69) is 30.3 Å². The van der Waals surface area contributed by atoms with Crippen molar-refractivity contribution in [3.63, 3.8) is 0 Å². The number of nitrogens with zero attached hydrogens (tertiary/aromatic N) is 3. The van der Waals surface area contributed by atoms with Gasteiger partial charge in [0.1, 0.15) is 10.7 Å². The third-order valence-electron chi connectivity index (χ3n) is 8.97. The summed E-state index contributed by atoms with van der Waals surface area (Å²) in [4.78, 5) is 5.48. The van der Waals surface area contributed by atoms with Gasteiger partial charge in [0.2, 0.25) is 9.84 Å². The molecule has 0 atom stereocenters. The maximum Gasteiger partial charge on any atom is 0.211 e. The van der Waals surface area contributed by atoms with E-state index >= 15 is 0 Å². The number of nitriles is 1. The van der Waals surface area contributed by atoms with Crippen LogP contribution >= 0.6 is 0 Å². The highest BCUT2D eigenvalue weighted by Crippen LogP contribution is 2.49. The minimum atomic E-state index is -3.95. The monoisotopic (exact) mass is 609 g/mol. The fraction of sp³-hybridized carbons (Fsp3) is 0. The van der Waals surface area contributed by atoms with Gasteiger partial charge in [-0.25, -0.2) is 13.4 Å². The molecule has 1 aliphatic heterocycles. The Bertz CT molecular complexity index is 2650. The number of rotatable bonds is 3. The Morgan fingerprint density at radius 1 is 0.587 bits per heavy atom. The molecule has 0 spiro atoms. The first-order chi connectivity index (χ1) is 22.6. The second kappa shape index (κ2) is 9.73. The lowest BCUT2D eigenvalue weighted by molar-refractivity contribution is 0.595. The lowest BCUT2D eigenvalue weighted by Crippen LogP contribution is -2.16. The van der Waals surface area contributed by atoms with Crippen molar-refractivity contribution in [3.05, 3.63) is 145 Å². The van der Waals surface area contributed by atoms with Crippen LogP contribution in [0.15, 0.2) is 149 Å². The molecule has 9 rings (SSSR count). The molecule has 8 aromatic rings. The van der Waals surface area contributed by atoms with E-state index < -0.39 is 9.84 Å². The Morgan fingerprint density at radius 2 is 1.20 bits per heavy atom. The fourth-order valence-corrected chi connectivity index (χ4v) is 8.88. The molecule has 0 N–H and O–H groups in total. The summed E-state index contributed by atoms with van der Waals surface area (Å²) in [6.45, 7) is 0. The summed E-state index contributed by atoms with van der Waals surface area (Å²) in [6.07, 6.45) is 0. The van der Waals surface area contributed by atoms with E-state index in [0.717, 1.165) is 43.8 Å². The summed E-state index contributed by atoms with van der Waals surface area (Å²) in [6, 6.07) is 47.1. The molecule has 0 amide bonds. The number of sulfone groups is 1. The lowest BCUT2D eigenvalue weighted by atomic mass is 9.85. The fourth-order valence-electron chi connectivity index (χ4n) is 7.06. The van der Waals surface area contributed by atoms with Gasteiger partial charge in [0.05, 0.1) is 33.2 Å². The summed E-state index contributed by atoms with van der Waals surface area (Å²) in [5.74, 6) is 0.697. The van der Waals surface area contributed by atoms with Gasteiger partial charge < -0.3 is 0 Å². The van der Waals surface area contributed by atoms with Crippen molar-refractivity contribution in [2.75, 3.05) is 0 Å². The summed E-state index contributed by atoms with van der Waals surface area (Å²) < 4.78 is 31.6. The van der Waals surface area contributed by atoms with E-state index in [1.807, 2.05) is 108 Å². The zero-order valence-electron chi connectivity index (χ0n) is 24.3. The van der Waals surface area contributed by atoms with Gasteiger partial charge in [0.25, 0.3) is 0 Å². The second-order valence-corrected chi connectivity index (χ2v) is 13.3. The molecule has 0 unspecified atom stereocenters. The van der Waals surface area contributed by atoms with E-state index in [1.165, 1.54) is 0 Å². The Labute approximate surface area is 265 Å². The number of hydrogen-bond acceptors (Lipinski definition) is 4. The molecule has 0 saturated heterocycles. The molecular formula is C40H23N3O2S. The van der Waals surface area contributed by atoms with Crippen molar-refractivity contribution in [2.24, 2.45) is 0 Å². The highest BCUT2D eigenvalue weighted by atomic mass is 32.2. The maximum atomic E-state index is 14.8. The number of para-hydroxylation sites is 1. The molecule has 216 valence electrons. The number of benzene rings is 7. The topological polar surface area (TPSA) is 75.8 Å². The zero-order valence-corrected chi connectivity index (χ0v) is 25.2. The minimum Gasteiger partial charge on any atom is -0.290 e. The van der Waals surface area contributed by atoms with Crippen LogP contribution in [0.3, 0.4) is 0 Å². The highest BCUT2D eigenvalue weighted by molar-refractivity contribution is 7.92. The summed E-state index contributed by atoms with van der Waals surface area (Å²) >= 11 is 0. The van der Waals surface area contributed by atoms with Crippen LogP contribution in [0.2, 0.25) is 0 Å². The molecule has 7 aromatic carbocycles. The first kappa shape index (κ1) is 26.4. The van der Waals surface area contributed by atoms with Gasteiger partial charge in [-0.3, -0.25) is 4.57 Å². The first-order valence-corrected chi connectivity index (χ1v) is 16.4. The van der Waals surface area contributed by atoms with Crippen LogP contribution < -0.4 is 0 Å². The molecule has 2 heterocycles. The van der Waals surface area contributed by atoms with Gasteiger partial charge in [-0.15, -0.1) is 0 Å². The van der Waals surface area contributed by atoms with E-state index in [1.54, 1.807) is 12.1 Å². The van der Waals surface area contributed by atoms with Crippen molar-refractivity contribution >= 4 is 42.4 Å². The Kier molecular flexibility index (Phi) is 5.58. The number of aromatic nitrogens is 2. The van der Waals surface area contributed by atoms with Crippen molar-refractivity contribution in [1.82, 2.24) is 9.55 Å². The van der Waals surface area contributed by atoms with Gasteiger partial charge in [0, 0.05) is 11.1 Å². The van der Waals surface area contributed by atoms with E-state index in [0.29, 0.717) is 33.7 Å². The third-order valence-corrected chi connectivity index (χ3v) is 10.8. The normalized spacial score (nSPS) is 13.1. The van der Waals surface area contributed by atoms with Crippen molar-refractivity contribution in [3.8, 4) is 45.4 Å². The molecule has 5 nitrogen and oxygen atoms in total. The summed E-state index contributed by atoms with van der Waals surface area (Å²) in [7, 11) is -3.95. The highest BCUT2D eigenvalue weighted by Gasteiger charge is 2.36. The van der Waals surface area contributed by atoms with Gasteiger partial charge in [-0.1, -0.05) is 109 Å². The van der Waals surface area contributed by atoms with Crippen LogP contribution in [-0.4, -0.2) is 18.0 Å². The summed E-state index contributed by atoms with van der Waals surface area (Å²) in [5, 5.41) is 13.3. The van der Waals surface area contributed by atoms with Crippen LogP contribution in [0.1, 0.15) is 5.56 Å². The average Bonchev–Trinajstić information content (AvgIpc) is 3.50. The molecule has 6 heteroatoms. The Hall–Kier alpha value is -6.03. The third kappa shape index (κ3) is 3.61. The van der Waals surface area contributed by atoms with Crippen LogP contribution in [0.4, 0.5) is 0 Å². The quantitative estimate of drug-likeness (QED) is 0.187.